The van der Waals surface area contributed by atoms with E-state index in [2.05, 4.69) is 41.6 Å². The first-order chi connectivity index (χ1) is 15.1. The largest absolute Gasteiger partial charge is 0.272 e. The van der Waals surface area contributed by atoms with Gasteiger partial charge < -0.3 is 0 Å². The fraction of sp³-hybridized carbons (Fsp3) is 0.0952. The van der Waals surface area contributed by atoms with Crippen molar-refractivity contribution in [3.05, 3.63) is 75.2 Å². The quantitative estimate of drug-likeness (QED) is 0.220. The van der Waals surface area contributed by atoms with E-state index in [1.54, 1.807) is 29.9 Å². The maximum Gasteiger partial charge on any atom is 0.250 e. The van der Waals surface area contributed by atoms with Crippen molar-refractivity contribution in [1.82, 2.24) is 25.2 Å². The van der Waals surface area contributed by atoms with Gasteiger partial charge >= 0.3 is 0 Å². The van der Waals surface area contributed by atoms with Gasteiger partial charge in [-0.15, -0.1) is 21.5 Å². The minimum Gasteiger partial charge on any atom is -0.272 e. The summed E-state index contributed by atoms with van der Waals surface area (Å²) >= 11 is 6.34. The van der Waals surface area contributed by atoms with E-state index in [-0.39, 0.29) is 11.7 Å². The summed E-state index contributed by atoms with van der Waals surface area (Å²) in [6.07, 6.45) is 5.08. The Morgan fingerprint density at radius 1 is 1.19 bits per heavy atom. The Hall–Kier alpha value is -2.82. The molecule has 0 aliphatic rings. The second kappa shape index (κ2) is 9.99. The molecule has 0 aliphatic heterocycles. The third kappa shape index (κ3) is 5.27. The van der Waals surface area contributed by atoms with Crippen molar-refractivity contribution in [1.29, 1.82) is 0 Å². The number of nitrogens with one attached hydrogen (secondary N) is 1. The fourth-order valence-corrected chi connectivity index (χ4v) is 4.51. The fourth-order valence-electron chi connectivity index (χ4n) is 2.72. The van der Waals surface area contributed by atoms with E-state index in [1.807, 2.05) is 59.3 Å². The van der Waals surface area contributed by atoms with Crippen LogP contribution in [0.25, 0.3) is 17.1 Å². The monoisotopic (exact) mass is 512 g/mol. The summed E-state index contributed by atoms with van der Waals surface area (Å²) in [5.41, 5.74) is 5.48. The maximum atomic E-state index is 12.3. The van der Waals surface area contributed by atoms with E-state index >= 15 is 0 Å². The molecule has 10 heteroatoms. The van der Waals surface area contributed by atoms with Crippen LogP contribution in [0.5, 0.6) is 0 Å². The van der Waals surface area contributed by atoms with Gasteiger partial charge in [-0.2, -0.15) is 5.10 Å². The predicted octanol–water partition coefficient (Wildman–Crippen LogP) is 4.70. The second-order valence-electron chi connectivity index (χ2n) is 6.40. The van der Waals surface area contributed by atoms with Crippen LogP contribution in [0, 0.1) is 6.92 Å². The molecular weight excluding hydrogens is 496 g/mol. The first-order valence-electron chi connectivity index (χ1n) is 9.22. The van der Waals surface area contributed by atoms with Crippen LogP contribution in [0.1, 0.15) is 10.4 Å². The Kier molecular flexibility index (Phi) is 6.90. The highest BCUT2D eigenvalue weighted by atomic mass is 79.9. The summed E-state index contributed by atoms with van der Waals surface area (Å²) < 4.78 is 2.90. The van der Waals surface area contributed by atoms with E-state index in [4.69, 9.17) is 0 Å². The molecule has 31 heavy (non-hydrogen) atoms. The molecule has 3 aromatic heterocycles. The minimum absolute atomic E-state index is 0.159. The van der Waals surface area contributed by atoms with Crippen molar-refractivity contribution in [2.75, 3.05) is 5.75 Å². The minimum atomic E-state index is -0.216. The Balaban J connectivity index is 1.52. The van der Waals surface area contributed by atoms with Crippen LogP contribution in [-0.2, 0) is 4.79 Å². The van der Waals surface area contributed by atoms with Gasteiger partial charge in [-0.3, -0.25) is 14.3 Å². The topological polar surface area (TPSA) is 85.1 Å². The predicted molar refractivity (Wildman–Crippen MR) is 128 cm³/mol. The van der Waals surface area contributed by atoms with Crippen molar-refractivity contribution in [3.63, 3.8) is 0 Å². The van der Waals surface area contributed by atoms with Crippen LogP contribution in [0.4, 0.5) is 0 Å². The number of carbonyl (C=O) groups excluding carboxylic acids is 1. The molecule has 0 spiro atoms. The Labute approximate surface area is 195 Å². The van der Waals surface area contributed by atoms with Gasteiger partial charge in [-0.25, -0.2) is 5.43 Å². The Bertz CT molecular complexity index is 1200. The summed E-state index contributed by atoms with van der Waals surface area (Å²) in [6, 6.07) is 13.6. The molecule has 0 radical (unpaired) electrons. The summed E-state index contributed by atoms with van der Waals surface area (Å²) in [4.78, 5) is 17.4. The van der Waals surface area contributed by atoms with Crippen LogP contribution in [-0.4, -0.2) is 37.6 Å². The smallest absolute Gasteiger partial charge is 0.250 e. The maximum absolute atomic E-state index is 12.3. The zero-order chi connectivity index (χ0) is 21.6. The molecule has 7 nitrogen and oxygen atoms in total. The lowest BCUT2D eigenvalue weighted by molar-refractivity contribution is -0.118. The molecule has 1 N–H and O–H groups in total. The van der Waals surface area contributed by atoms with Gasteiger partial charge in [0.15, 0.2) is 11.0 Å². The molecule has 4 rings (SSSR count). The summed E-state index contributed by atoms with van der Waals surface area (Å²) in [7, 11) is 0. The number of aryl methyl sites for hydroxylation is 1. The van der Waals surface area contributed by atoms with Crippen molar-refractivity contribution >= 4 is 51.2 Å². The SMILES string of the molecule is Cc1ccsc1C=NNC(=O)CSc1nnc(-c2ccncc2)n1-c1ccc(Br)cc1. The molecule has 1 amide bonds. The highest BCUT2D eigenvalue weighted by molar-refractivity contribution is 9.10. The number of hydrazone groups is 1. The van der Waals surface area contributed by atoms with Gasteiger partial charge in [0.05, 0.1) is 12.0 Å². The lowest BCUT2D eigenvalue weighted by Gasteiger charge is -2.10. The van der Waals surface area contributed by atoms with E-state index in [0.717, 1.165) is 26.2 Å². The number of pyridine rings is 1. The van der Waals surface area contributed by atoms with Crippen LogP contribution in [0.3, 0.4) is 0 Å². The van der Waals surface area contributed by atoms with Crippen LogP contribution in [0.15, 0.2) is 75.0 Å². The van der Waals surface area contributed by atoms with Crippen molar-refractivity contribution < 1.29 is 4.79 Å². The molecule has 0 bridgehead atoms. The van der Waals surface area contributed by atoms with Crippen molar-refractivity contribution in [2.24, 2.45) is 5.10 Å². The lowest BCUT2D eigenvalue weighted by Crippen LogP contribution is -2.20. The standard InChI is InChI=1S/C21H17BrN6OS2/c1-14-8-11-30-18(14)12-24-25-19(29)13-31-21-27-26-20(15-6-9-23-10-7-15)28(21)17-4-2-16(22)3-5-17/h2-12H,13H2,1H3,(H,25,29). The van der Waals surface area contributed by atoms with Crippen LogP contribution < -0.4 is 5.43 Å². The van der Waals surface area contributed by atoms with E-state index in [0.29, 0.717) is 11.0 Å². The molecule has 3 heterocycles. The van der Waals surface area contributed by atoms with E-state index < -0.39 is 0 Å². The first-order valence-corrected chi connectivity index (χ1v) is 11.9. The number of carbonyl (C=O) groups is 1. The normalized spacial score (nSPS) is 11.2. The number of thiophene rings is 1. The molecule has 0 aliphatic carbocycles. The molecule has 0 fully saturated rings. The van der Waals surface area contributed by atoms with Crippen molar-refractivity contribution in [2.45, 2.75) is 12.1 Å². The number of nitrogens with zero attached hydrogens (tertiary/aromatic N) is 5. The highest BCUT2D eigenvalue weighted by Gasteiger charge is 2.17. The zero-order valence-electron chi connectivity index (χ0n) is 16.4. The Morgan fingerprint density at radius 3 is 2.68 bits per heavy atom. The van der Waals surface area contributed by atoms with Crippen LogP contribution in [0.2, 0.25) is 0 Å². The van der Waals surface area contributed by atoms with Gasteiger partial charge in [0, 0.05) is 33.0 Å². The number of thioether (sulfide) groups is 1. The molecular formula is C21H17BrN6OS2. The number of hydrogen-bond donors (Lipinski definition) is 1. The summed E-state index contributed by atoms with van der Waals surface area (Å²) in [5, 5.41) is 15.3. The van der Waals surface area contributed by atoms with E-state index in [1.165, 1.54) is 11.8 Å². The first kappa shape index (κ1) is 21.4. The van der Waals surface area contributed by atoms with E-state index in [9.17, 15) is 4.79 Å². The molecule has 0 atom stereocenters. The number of aromatic nitrogens is 4. The molecule has 0 unspecified atom stereocenters. The molecule has 1 aromatic carbocycles. The average Bonchev–Trinajstić information content (AvgIpc) is 3.40. The lowest BCUT2D eigenvalue weighted by atomic mass is 10.2. The van der Waals surface area contributed by atoms with Gasteiger partial charge in [0.2, 0.25) is 0 Å². The number of halogens is 1. The summed E-state index contributed by atoms with van der Waals surface area (Å²) in [6.45, 7) is 2.00. The molecule has 4 aromatic rings. The van der Waals surface area contributed by atoms with Gasteiger partial charge in [0.25, 0.3) is 5.91 Å². The Morgan fingerprint density at radius 2 is 1.97 bits per heavy atom. The third-order valence-corrected chi connectivity index (χ3v) is 6.67. The number of amides is 1. The molecule has 156 valence electrons. The van der Waals surface area contributed by atoms with Gasteiger partial charge in [0.1, 0.15) is 0 Å². The second-order valence-corrected chi connectivity index (χ2v) is 9.21. The zero-order valence-corrected chi connectivity index (χ0v) is 19.6. The number of benzene rings is 1. The highest BCUT2D eigenvalue weighted by Crippen LogP contribution is 2.28. The van der Waals surface area contributed by atoms with Gasteiger partial charge in [-0.1, -0.05) is 27.7 Å². The van der Waals surface area contributed by atoms with Crippen LogP contribution >= 0.6 is 39.0 Å². The summed E-state index contributed by atoms with van der Waals surface area (Å²) in [5.74, 6) is 0.622. The average molecular weight is 513 g/mol. The van der Waals surface area contributed by atoms with Gasteiger partial charge in [-0.05, 0) is 60.3 Å². The number of rotatable bonds is 7. The molecule has 0 saturated heterocycles. The molecule has 0 saturated carbocycles. The van der Waals surface area contributed by atoms with Crippen molar-refractivity contribution in [3.8, 4) is 17.1 Å². The number of hydrogen-bond acceptors (Lipinski definition) is 7. The third-order valence-electron chi connectivity index (χ3n) is 4.26.